The lowest BCUT2D eigenvalue weighted by molar-refractivity contribution is -0.710. The molecule has 28 heavy (non-hydrogen) atoms. The zero-order valence-corrected chi connectivity index (χ0v) is 15.7. The van der Waals surface area contributed by atoms with E-state index in [1.165, 1.54) is 12.0 Å². The van der Waals surface area contributed by atoms with Gasteiger partial charge in [-0.2, -0.15) is 0 Å². The largest absolute Gasteiger partial charge is 0.469 e. The first kappa shape index (κ1) is 18.4. The summed E-state index contributed by atoms with van der Waals surface area (Å²) >= 11 is 0. The predicted octanol–water partition coefficient (Wildman–Crippen LogP) is 1.04. The molecule has 2 amide bonds. The van der Waals surface area contributed by atoms with Crippen LogP contribution in [0.1, 0.15) is 23.6 Å². The Balaban J connectivity index is 1.66. The van der Waals surface area contributed by atoms with Crippen molar-refractivity contribution < 1.29 is 24.4 Å². The molecule has 0 aliphatic carbocycles. The van der Waals surface area contributed by atoms with Gasteiger partial charge in [-0.05, 0) is 5.56 Å². The van der Waals surface area contributed by atoms with E-state index < -0.39 is 11.8 Å². The van der Waals surface area contributed by atoms with Crippen molar-refractivity contribution in [2.75, 3.05) is 7.11 Å². The lowest BCUT2D eigenvalue weighted by atomic mass is 9.86. The van der Waals surface area contributed by atoms with Gasteiger partial charge in [-0.15, -0.1) is 0 Å². The van der Waals surface area contributed by atoms with Crippen LogP contribution in [0.15, 0.2) is 60.7 Å². The van der Waals surface area contributed by atoms with Gasteiger partial charge in [0.1, 0.15) is 23.9 Å². The molecule has 6 nitrogen and oxygen atoms in total. The van der Waals surface area contributed by atoms with Crippen molar-refractivity contribution in [3.8, 4) is 0 Å². The summed E-state index contributed by atoms with van der Waals surface area (Å²) in [7, 11) is 1.34. The van der Waals surface area contributed by atoms with Crippen LogP contribution in [0, 0.1) is 11.8 Å². The van der Waals surface area contributed by atoms with Crippen LogP contribution in [0.25, 0.3) is 0 Å². The van der Waals surface area contributed by atoms with E-state index >= 15 is 0 Å². The van der Waals surface area contributed by atoms with Crippen LogP contribution in [0.3, 0.4) is 0 Å². The SMILES string of the molecule is COC(=O)C[C@@H]1[NH2+][C@@H](c2ccccc2)[C@H]2C(=O)N(Cc3ccccc3)C(=O)[C@@H]21. The number of hydrogen-bond donors (Lipinski definition) is 1. The fraction of sp³-hybridized carbons (Fsp3) is 0.318. The highest BCUT2D eigenvalue weighted by molar-refractivity contribution is 6.06. The number of ether oxygens (including phenoxy) is 1. The Morgan fingerprint density at radius 1 is 0.964 bits per heavy atom. The van der Waals surface area contributed by atoms with Gasteiger partial charge >= 0.3 is 5.97 Å². The molecule has 2 aliphatic heterocycles. The van der Waals surface area contributed by atoms with Crippen molar-refractivity contribution in [2.45, 2.75) is 25.0 Å². The van der Waals surface area contributed by atoms with Gasteiger partial charge in [0.05, 0.1) is 20.1 Å². The van der Waals surface area contributed by atoms with Gasteiger partial charge in [-0.1, -0.05) is 60.7 Å². The molecule has 0 radical (unpaired) electrons. The summed E-state index contributed by atoms with van der Waals surface area (Å²) in [6.07, 6.45) is 0.110. The van der Waals surface area contributed by atoms with Crippen molar-refractivity contribution >= 4 is 17.8 Å². The molecular weight excluding hydrogens is 356 g/mol. The Morgan fingerprint density at radius 3 is 2.21 bits per heavy atom. The molecule has 0 saturated carbocycles. The summed E-state index contributed by atoms with van der Waals surface area (Å²) < 4.78 is 4.82. The highest BCUT2D eigenvalue weighted by atomic mass is 16.5. The van der Waals surface area contributed by atoms with E-state index in [2.05, 4.69) is 0 Å². The van der Waals surface area contributed by atoms with Gasteiger partial charge in [0, 0.05) is 5.56 Å². The number of rotatable bonds is 5. The second-order valence-corrected chi connectivity index (χ2v) is 7.37. The van der Waals surface area contributed by atoms with Gasteiger partial charge in [0.2, 0.25) is 11.8 Å². The van der Waals surface area contributed by atoms with Gasteiger partial charge in [-0.25, -0.2) is 0 Å². The predicted molar refractivity (Wildman–Crippen MR) is 101 cm³/mol. The molecular formula is C22H23N2O4+. The number of fused-ring (bicyclic) bond motifs is 1. The third-order valence-electron chi connectivity index (χ3n) is 5.79. The summed E-state index contributed by atoms with van der Waals surface area (Å²) in [5.41, 5.74) is 1.90. The highest BCUT2D eigenvalue weighted by Crippen LogP contribution is 2.41. The molecule has 0 unspecified atom stereocenters. The Bertz CT molecular complexity index is 884. The number of imide groups is 1. The van der Waals surface area contributed by atoms with Gasteiger partial charge < -0.3 is 10.1 Å². The average Bonchev–Trinajstić information content (AvgIpc) is 3.21. The maximum Gasteiger partial charge on any atom is 0.311 e. The zero-order valence-electron chi connectivity index (χ0n) is 15.7. The number of likely N-dealkylation sites (tertiary alicyclic amines) is 1. The minimum absolute atomic E-state index is 0.110. The monoisotopic (exact) mass is 379 g/mol. The first-order chi connectivity index (χ1) is 13.6. The number of benzene rings is 2. The van der Waals surface area contributed by atoms with E-state index in [0.717, 1.165) is 11.1 Å². The molecule has 2 aromatic rings. The van der Waals surface area contributed by atoms with Crippen LogP contribution in [-0.2, 0) is 25.7 Å². The minimum atomic E-state index is -0.513. The summed E-state index contributed by atoms with van der Waals surface area (Å²) in [6.45, 7) is 0.262. The number of nitrogens with two attached hydrogens (primary N) is 1. The van der Waals surface area contributed by atoms with E-state index in [9.17, 15) is 14.4 Å². The molecule has 144 valence electrons. The Kier molecular flexibility index (Phi) is 4.96. The van der Waals surface area contributed by atoms with Crippen LogP contribution in [0.5, 0.6) is 0 Å². The molecule has 2 N–H and O–H groups in total. The summed E-state index contributed by atoms with van der Waals surface area (Å²) in [4.78, 5) is 39.7. The van der Waals surface area contributed by atoms with E-state index in [1.54, 1.807) is 0 Å². The number of amides is 2. The summed E-state index contributed by atoms with van der Waals surface area (Å²) in [6, 6.07) is 18.7. The van der Waals surface area contributed by atoms with Crippen molar-refractivity contribution in [3.63, 3.8) is 0 Å². The first-order valence-electron chi connectivity index (χ1n) is 9.46. The lowest BCUT2D eigenvalue weighted by Gasteiger charge is -2.20. The van der Waals surface area contributed by atoms with E-state index in [4.69, 9.17) is 4.74 Å². The topological polar surface area (TPSA) is 80.3 Å². The number of carbonyl (C=O) groups excluding carboxylic acids is 3. The van der Waals surface area contributed by atoms with Gasteiger partial charge in [0.25, 0.3) is 0 Å². The molecule has 2 aromatic carbocycles. The van der Waals surface area contributed by atoms with Crippen molar-refractivity contribution in [1.82, 2.24) is 4.90 Å². The van der Waals surface area contributed by atoms with Gasteiger partial charge in [0.15, 0.2) is 0 Å². The molecule has 0 aromatic heterocycles. The number of quaternary nitrogens is 1. The van der Waals surface area contributed by atoms with Gasteiger partial charge in [-0.3, -0.25) is 19.3 Å². The molecule has 2 fully saturated rings. The third kappa shape index (κ3) is 3.20. The second kappa shape index (κ2) is 7.56. The Labute approximate surface area is 163 Å². The highest BCUT2D eigenvalue weighted by Gasteiger charge is 2.62. The maximum atomic E-state index is 13.3. The molecule has 4 atom stereocenters. The fourth-order valence-corrected chi connectivity index (χ4v) is 4.49. The summed E-state index contributed by atoms with van der Waals surface area (Å²) in [5, 5.41) is 2.00. The third-order valence-corrected chi connectivity index (χ3v) is 5.79. The molecule has 0 spiro atoms. The van der Waals surface area contributed by atoms with Crippen LogP contribution >= 0.6 is 0 Å². The quantitative estimate of drug-likeness (QED) is 0.622. The van der Waals surface area contributed by atoms with Crippen LogP contribution in [0.2, 0.25) is 0 Å². The second-order valence-electron chi connectivity index (χ2n) is 7.37. The molecule has 0 bridgehead atoms. The molecule has 2 heterocycles. The van der Waals surface area contributed by atoms with E-state index in [0.29, 0.717) is 0 Å². The number of nitrogens with zero attached hydrogens (tertiary/aromatic N) is 1. The van der Waals surface area contributed by atoms with Crippen LogP contribution in [0.4, 0.5) is 0 Å². The molecule has 4 rings (SSSR count). The maximum absolute atomic E-state index is 13.3. The smallest absolute Gasteiger partial charge is 0.311 e. The van der Waals surface area contributed by atoms with Crippen molar-refractivity contribution in [2.24, 2.45) is 11.8 Å². The standard InChI is InChI=1S/C22H22N2O4/c1-28-17(25)12-16-18-19(20(23-16)15-10-6-3-7-11-15)22(27)24(21(18)26)13-14-8-4-2-5-9-14/h2-11,16,18-20,23H,12-13H2,1H3/p+1/t16-,18+,19-,20-/m0/s1. The summed E-state index contributed by atoms with van der Waals surface area (Å²) in [5.74, 6) is -1.69. The average molecular weight is 379 g/mol. The normalized spacial score (nSPS) is 26.4. The zero-order chi connectivity index (χ0) is 19.7. The van der Waals surface area contributed by atoms with E-state index in [-0.39, 0.29) is 42.8 Å². The number of hydrogen-bond acceptors (Lipinski definition) is 4. The lowest BCUT2D eigenvalue weighted by Crippen LogP contribution is -2.89. The van der Waals surface area contributed by atoms with Crippen molar-refractivity contribution in [3.05, 3.63) is 71.8 Å². The van der Waals surface area contributed by atoms with Crippen molar-refractivity contribution in [1.29, 1.82) is 0 Å². The number of carbonyl (C=O) groups is 3. The first-order valence-corrected chi connectivity index (χ1v) is 9.46. The number of esters is 1. The molecule has 2 saturated heterocycles. The van der Waals surface area contributed by atoms with Crippen LogP contribution in [-0.4, -0.2) is 35.8 Å². The Morgan fingerprint density at radius 2 is 1.57 bits per heavy atom. The molecule has 6 heteroatoms. The number of methoxy groups -OCH3 is 1. The minimum Gasteiger partial charge on any atom is -0.469 e. The fourth-order valence-electron chi connectivity index (χ4n) is 4.49. The Hall–Kier alpha value is -2.99. The van der Waals surface area contributed by atoms with E-state index in [1.807, 2.05) is 66.0 Å². The molecule has 2 aliphatic rings. The van der Waals surface area contributed by atoms with Crippen LogP contribution < -0.4 is 5.32 Å².